The van der Waals surface area contributed by atoms with Gasteiger partial charge in [0.1, 0.15) is 0 Å². The van der Waals surface area contributed by atoms with Crippen LogP contribution in [0.25, 0.3) is 0 Å². The van der Waals surface area contributed by atoms with Gasteiger partial charge < -0.3 is 16.5 Å². The van der Waals surface area contributed by atoms with Crippen LogP contribution in [0.4, 0.5) is 0 Å². The Balaban J connectivity index is 5.05. The maximum Gasteiger partial charge on any atom is 0.317 e. The molecule has 0 radical (unpaired) electrons. The predicted octanol–water partition coefficient (Wildman–Crippen LogP) is 4.30. The van der Waals surface area contributed by atoms with E-state index in [0.29, 0.717) is 0 Å². The summed E-state index contributed by atoms with van der Waals surface area (Å²) >= 11 is 0. The van der Waals surface area contributed by atoms with Crippen LogP contribution in [0.5, 0.6) is 0 Å². The molecule has 22 heavy (non-hydrogen) atoms. The maximum atomic E-state index is 6.59. The lowest BCUT2D eigenvalue weighted by Gasteiger charge is -2.41. The van der Waals surface area contributed by atoms with Gasteiger partial charge in [0, 0.05) is 0 Å². The molecular formula is C13H38O4Si5. The molecule has 0 aromatic rings. The molecule has 9 heteroatoms. The molecule has 0 heterocycles. The van der Waals surface area contributed by atoms with Crippen molar-refractivity contribution >= 4 is 43.8 Å². The first-order chi connectivity index (χ1) is 9.81. The molecule has 0 N–H and O–H groups in total. The average Bonchev–Trinajstić information content (AvgIpc) is 2.20. The van der Waals surface area contributed by atoms with Gasteiger partial charge in [-0.15, -0.1) is 0 Å². The van der Waals surface area contributed by atoms with Gasteiger partial charge in [-0.1, -0.05) is 19.8 Å². The summed E-state index contributed by atoms with van der Waals surface area (Å²) in [7, 11) is -8.68. The largest absolute Gasteiger partial charge is 0.440 e. The summed E-state index contributed by atoms with van der Waals surface area (Å²) in [6, 6.07) is 1.03. The van der Waals surface area contributed by atoms with E-state index in [1.54, 1.807) is 0 Å². The van der Waals surface area contributed by atoms with Gasteiger partial charge in [0.2, 0.25) is 0 Å². The van der Waals surface area contributed by atoms with E-state index in [4.69, 9.17) is 16.5 Å². The Labute approximate surface area is 145 Å². The lowest BCUT2D eigenvalue weighted by Crippen LogP contribution is -2.57. The second kappa shape index (κ2) is 9.42. The van der Waals surface area contributed by atoms with Crippen molar-refractivity contribution in [3.63, 3.8) is 0 Å². The first-order valence-corrected chi connectivity index (χ1v) is 22.3. The minimum absolute atomic E-state index is 1.03. The average molecular weight is 399 g/mol. The van der Waals surface area contributed by atoms with E-state index in [2.05, 4.69) is 65.8 Å². The van der Waals surface area contributed by atoms with Gasteiger partial charge >= 0.3 is 25.7 Å². The van der Waals surface area contributed by atoms with E-state index < -0.39 is 43.8 Å². The Morgan fingerprint density at radius 2 is 1.09 bits per heavy atom. The first kappa shape index (κ1) is 22.9. The van der Waals surface area contributed by atoms with Crippen LogP contribution in [0.3, 0.4) is 0 Å². The molecule has 0 aromatic heterocycles. The van der Waals surface area contributed by atoms with Crippen LogP contribution in [-0.4, -0.2) is 43.8 Å². The van der Waals surface area contributed by atoms with Crippen LogP contribution in [0, 0.1) is 0 Å². The van der Waals surface area contributed by atoms with Gasteiger partial charge in [0.25, 0.3) is 0 Å². The molecule has 0 spiro atoms. The third-order valence-electron chi connectivity index (χ3n) is 2.95. The number of rotatable bonds is 11. The normalized spacial score (nSPS) is 14.2. The molecule has 0 saturated heterocycles. The standard InChI is InChI=1S/C13H38O4Si5/c1-11-12-13-22(10,16-20(6,7)14-18(2)3)17-21(8,9)15-19(4)5/h18-19H,11-13H2,1-10H3. The van der Waals surface area contributed by atoms with E-state index in [0.717, 1.165) is 12.5 Å². The molecule has 0 amide bonds. The Kier molecular flexibility index (Phi) is 9.81. The fourth-order valence-electron chi connectivity index (χ4n) is 2.84. The zero-order valence-electron chi connectivity index (χ0n) is 16.4. The summed E-state index contributed by atoms with van der Waals surface area (Å²) in [6.07, 6.45) is 2.31. The van der Waals surface area contributed by atoms with E-state index in [-0.39, 0.29) is 0 Å². The minimum atomic E-state index is -2.26. The quantitative estimate of drug-likeness (QED) is 0.486. The van der Waals surface area contributed by atoms with Gasteiger partial charge in [-0.25, -0.2) is 0 Å². The molecule has 0 unspecified atom stereocenters. The molecule has 0 aliphatic heterocycles. The van der Waals surface area contributed by atoms with Crippen molar-refractivity contribution in [3.05, 3.63) is 0 Å². The summed E-state index contributed by atoms with van der Waals surface area (Å²) in [5, 5.41) is 0. The number of hydrogen-bond acceptors (Lipinski definition) is 4. The van der Waals surface area contributed by atoms with Crippen LogP contribution >= 0.6 is 0 Å². The molecule has 0 fully saturated rings. The van der Waals surface area contributed by atoms with Crippen LogP contribution in [0.15, 0.2) is 0 Å². The smallest absolute Gasteiger partial charge is 0.317 e. The third-order valence-corrected chi connectivity index (χ3v) is 19.9. The zero-order chi connectivity index (χ0) is 17.6. The second-order valence-corrected chi connectivity index (χ2v) is 23.7. The zero-order valence-corrected chi connectivity index (χ0v) is 21.7. The van der Waals surface area contributed by atoms with E-state index in [1.807, 2.05) is 0 Å². The van der Waals surface area contributed by atoms with Crippen LogP contribution in [-0.2, 0) is 16.5 Å². The highest BCUT2D eigenvalue weighted by Gasteiger charge is 2.44. The fraction of sp³-hybridized carbons (Fsp3) is 1.00. The molecule has 0 aliphatic rings. The van der Waals surface area contributed by atoms with Crippen molar-refractivity contribution < 1.29 is 16.5 Å². The molecule has 0 rings (SSSR count). The van der Waals surface area contributed by atoms with Crippen LogP contribution in [0.2, 0.25) is 65.0 Å². The van der Waals surface area contributed by atoms with Gasteiger partial charge in [0.05, 0.1) is 0 Å². The topological polar surface area (TPSA) is 36.9 Å². The van der Waals surface area contributed by atoms with Crippen molar-refractivity contribution in [2.24, 2.45) is 0 Å². The lowest BCUT2D eigenvalue weighted by molar-refractivity contribution is 0.296. The molecule has 134 valence electrons. The SMILES string of the molecule is CCCC[Si](C)(O[Si](C)(C)O[SiH](C)C)O[Si](C)(C)O[SiH](C)C. The van der Waals surface area contributed by atoms with Gasteiger partial charge in [-0.2, -0.15) is 0 Å². The molecule has 0 atom stereocenters. The summed E-state index contributed by atoms with van der Waals surface area (Å²) in [5.41, 5.74) is 0. The monoisotopic (exact) mass is 398 g/mol. The second-order valence-electron chi connectivity index (χ2n) is 7.57. The molecule has 0 saturated carbocycles. The molecule has 0 aromatic carbocycles. The van der Waals surface area contributed by atoms with Crippen molar-refractivity contribution in [1.29, 1.82) is 0 Å². The Morgan fingerprint density at radius 1 is 0.727 bits per heavy atom. The van der Waals surface area contributed by atoms with Crippen molar-refractivity contribution in [1.82, 2.24) is 0 Å². The molecule has 4 nitrogen and oxygen atoms in total. The molecule has 0 bridgehead atoms. The van der Waals surface area contributed by atoms with E-state index >= 15 is 0 Å². The number of unbranched alkanes of at least 4 members (excludes halogenated alkanes) is 1. The van der Waals surface area contributed by atoms with Gasteiger partial charge in [-0.3, -0.25) is 0 Å². The highest BCUT2D eigenvalue weighted by molar-refractivity contribution is 6.87. The third kappa shape index (κ3) is 10.7. The molecular weight excluding hydrogens is 361 g/mol. The van der Waals surface area contributed by atoms with Crippen LogP contribution in [0.1, 0.15) is 19.8 Å². The lowest BCUT2D eigenvalue weighted by atomic mass is 10.4. The predicted molar refractivity (Wildman–Crippen MR) is 108 cm³/mol. The minimum Gasteiger partial charge on any atom is -0.440 e. The van der Waals surface area contributed by atoms with E-state index in [1.165, 1.54) is 6.42 Å². The van der Waals surface area contributed by atoms with Gasteiger partial charge in [-0.05, 0) is 65.0 Å². The highest BCUT2D eigenvalue weighted by atomic mass is 28.5. The fourth-order valence-corrected chi connectivity index (χ4v) is 23.8. The Hall–Kier alpha value is 0.924. The summed E-state index contributed by atoms with van der Waals surface area (Å²) < 4.78 is 25.6. The number of hydrogen-bond donors (Lipinski definition) is 0. The van der Waals surface area contributed by atoms with Crippen molar-refractivity contribution in [2.75, 3.05) is 0 Å². The van der Waals surface area contributed by atoms with Crippen LogP contribution < -0.4 is 0 Å². The first-order valence-electron chi connectivity index (χ1n) is 8.57. The maximum absolute atomic E-state index is 6.59. The van der Waals surface area contributed by atoms with E-state index in [9.17, 15) is 0 Å². The van der Waals surface area contributed by atoms with Gasteiger partial charge in [0.15, 0.2) is 18.1 Å². The summed E-state index contributed by atoms with van der Waals surface area (Å²) in [4.78, 5) is 0. The van der Waals surface area contributed by atoms with Crippen molar-refractivity contribution in [2.45, 2.75) is 84.7 Å². The Bertz CT molecular complexity index is 300. The molecule has 0 aliphatic carbocycles. The summed E-state index contributed by atoms with van der Waals surface area (Å²) in [6.45, 7) is 21.9. The Morgan fingerprint density at radius 3 is 1.36 bits per heavy atom. The highest BCUT2D eigenvalue weighted by Crippen LogP contribution is 2.27. The summed E-state index contributed by atoms with van der Waals surface area (Å²) in [5.74, 6) is 0. The van der Waals surface area contributed by atoms with Crippen molar-refractivity contribution in [3.8, 4) is 0 Å².